The predicted molar refractivity (Wildman–Crippen MR) is 135 cm³/mol. The number of alkyl halides is 3. The van der Waals surface area contributed by atoms with Gasteiger partial charge in [0.2, 0.25) is 5.95 Å². The van der Waals surface area contributed by atoms with E-state index in [1.165, 1.54) is 0 Å². The summed E-state index contributed by atoms with van der Waals surface area (Å²) in [4.78, 5) is 15.1. The highest BCUT2D eigenvalue weighted by atomic mass is 19.4. The Morgan fingerprint density at radius 3 is 2.56 bits per heavy atom. The number of fused-ring (bicyclic) bond motifs is 2. The molecule has 5 rings (SSSR count). The van der Waals surface area contributed by atoms with E-state index in [2.05, 4.69) is 29.7 Å². The molecule has 0 spiro atoms. The second-order valence-corrected chi connectivity index (χ2v) is 9.07. The lowest BCUT2D eigenvalue weighted by Gasteiger charge is -2.14. The van der Waals surface area contributed by atoms with E-state index < -0.39 is 11.7 Å². The van der Waals surface area contributed by atoms with Gasteiger partial charge < -0.3 is 19.4 Å². The molecule has 0 fully saturated rings. The number of benzene rings is 2. The van der Waals surface area contributed by atoms with Crippen molar-refractivity contribution in [1.29, 1.82) is 0 Å². The largest absolute Gasteiger partial charge is 0.419 e. The molecule has 10 heteroatoms. The summed E-state index contributed by atoms with van der Waals surface area (Å²) in [6.45, 7) is 3.64. The standard InChI is InChI=1S/C26H26F3N7/c1-16-31-21-13-17(9-10-23(21)36(16)12-11-34(2)3)32-25-30-14-20(26(27,28)29)24(33-25)19-15-35(4)22-8-6-5-7-18(19)22/h5-10,13-15H,11-12H2,1-4H3,(H,30,32,33). The maximum absolute atomic E-state index is 13.9. The molecule has 2 aromatic carbocycles. The van der Waals surface area contributed by atoms with Crippen LogP contribution >= 0.6 is 0 Å². The second-order valence-electron chi connectivity index (χ2n) is 9.07. The van der Waals surface area contributed by atoms with Crippen LogP contribution in [0.5, 0.6) is 0 Å². The van der Waals surface area contributed by atoms with Crippen molar-refractivity contribution < 1.29 is 13.2 Å². The molecule has 0 bridgehead atoms. The van der Waals surface area contributed by atoms with E-state index in [0.29, 0.717) is 16.6 Å². The molecule has 1 N–H and O–H groups in total. The number of likely N-dealkylation sites (N-methyl/N-ethyl adjacent to an activating group) is 1. The van der Waals surface area contributed by atoms with Crippen LogP contribution in [0.4, 0.5) is 24.8 Å². The first-order valence-corrected chi connectivity index (χ1v) is 11.5. The predicted octanol–water partition coefficient (Wildman–Crippen LogP) is 5.62. The number of rotatable bonds is 6. The fourth-order valence-electron chi connectivity index (χ4n) is 4.42. The summed E-state index contributed by atoms with van der Waals surface area (Å²) < 4.78 is 45.7. The van der Waals surface area contributed by atoms with Gasteiger partial charge in [-0.1, -0.05) is 18.2 Å². The molecule has 0 saturated carbocycles. The average Bonchev–Trinajstić information content (AvgIpc) is 3.32. The number of anilines is 2. The van der Waals surface area contributed by atoms with Crippen molar-refractivity contribution >= 4 is 33.6 Å². The number of halogens is 3. The molecule has 5 aromatic rings. The third-order valence-corrected chi connectivity index (χ3v) is 6.21. The molecule has 7 nitrogen and oxygen atoms in total. The van der Waals surface area contributed by atoms with E-state index in [4.69, 9.17) is 0 Å². The SMILES string of the molecule is Cc1nc2cc(Nc3ncc(C(F)(F)F)c(-c4cn(C)c5ccccc45)n3)ccc2n1CCN(C)C. The van der Waals surface area contributed by atoms with E-state index in [1.54, 1.807) is 29.9 Å². The minimum Gasteiger partial charge on any atom is -0.350 e. The number of nitrogens with one attached hydrogen (secondary N) is 1. The number of hydrogen-bond donors (Lipinski definition) is 1. The van der Waals surface area contributed by atoms with Crippen molar-refractivity contribution in [2.45, 2.75) is 19.6 Å². The highest BCUT2D eigenvalue weighted by Gasteiger charge is 2.36. The minimum absolute atomic E-state index is 0.0778. The first-order chi connectivity index (χ1) is 17.1. The zero-order valence-corrected chi connectivity index (χ0v) is 20.4. The molecular formula is C26H26F3N7. The molecule has 3 heterocycles. The molecule has 0 atom stereocenters. The van der Waals surface area contributed by atoms with Crippen LogP contribution in [0.2, 0.25) is 0 Å². The van der Waals surface area contributed by atoms with Crippen LogP contribution < -0.4 is 5.32 Å². The van der Waals surface area contributed by atoms with Gasteiger partial charge in [0, 0.05) is 54.7 Å². The van der Waals surface area contributed by atoms with Gasteiger partial charge in [-0.2, -0.15) is 13.2 Å². The van der Waals surface area contributed by atoms with Gasteiger partial charge in [0.1, 0.15) is 11.4 Å². The van der Waals surface area contributed by atoms with Crippen molar-refractivity contribution in [3.8, 4) is 11.3 Å². The first kappa shape index (κ1) is 23.8. The lowest BCUT2D eigenvalue weighted by Crippen LogP contribution is -2.18. The normalized spacial score (nSPS) is 12.2. The Kier molecular flexibility index (Phi) is 5.91. The number of aryl methyl sites for hydroxylation is 2. The molecular weight excluding hydrogens is 467 g/mol. The molecule has 3 aromatic heterocycles. The molecule has 0 saturated heterocycles. The minimum atomic E-state index is -4.60. The monoisotopic (exact) mass is 493 g/mol. The molecule has 36 heavy (non-hydrogen) atoms. The fourth-order valence-corrected chi connectivity index (χ4v) is 4.42. The molecule has 0 amide bonds. The van der Waals surface area contributed by atoms with Gasteiger partial charge in [-0.15, -0.1) is 0 Å². The van der Waals surface area contributed by atoms with Crippen molar-refractivity contribution in [1.82, 2.24) is 29.0 Å². The molecule has 0 aliphatic rings. The third-order valence-electron chi connectivity index (χ3n) is 6.21. The summed E-state index contributed by atoms with van der Waals surface area (Å²) in [5.74, 6) is 0.974. The van der Waals surface area contributed by atoms with Gasteiger partial charge in [0.05, 0.1) is 16.7 Å². The van der Waals surface area contributed by atoms with Gasteiger partial charge >= 0.3 is 6.18 Å². The highest BCUT2D eigenvalue weighted by molar-refractivity contribution is 5.96. The van der Waals surface area contributed by atoms with Crippen molar-refractivity contribution in [2.75, 3.05) is 26.0 Å². The fraction of sp³-hybridized carbons (Fsp3) is 0.269. The maximum Gasteiger partial charge on any atom is 0.419 e. The van der Waals surface area contributed by atoms with Crippen LogP contribution in [0, 0.1) is 6.92 Å². The Bertz CT molecular complexity index is 1560. The molecule has 0 aliphatic carbocycles. The Morgan fingerprint density at radius 1 is 1.03 bits per heavy atom. The summed E-state index contributed by atoms with van der Waals surface area (Å²) in [6.07, 6.45) is -2.09. The van der Waals surface area contributed by atoms with Gasteiger partial charge in [-0.05, 0) is 45.3 Å². The van der Waals surface area contributed by atoms with Crippen LogP contribution in [0.15, 0.2) is 54.9 Å². The van der Waals surface area contributed by atoms with Crippen LogP contribution in [0.25, 0.3) is 33.2 Å². The lowest BCUT2D eigenvalue weighted by atomic mass is 10.1. The van der Waals surface area contributed by atoms with Gasteiger partial charge in [0.25, 0.3) is 0 Å². The zero-order chi connectivity index (χ0) is 25.6. The van der Waals surface area contributed by atoms with Crippen molar-refractivity contribution in [2.24, 2.45) is 7.05 Å². The summed E-state index contributed by atoms with van der Waals surface area (Å²) in [5, 5.41) is 3.75. The van der Waals surface area contributed by atoms with Gasteiger partial charge in [0.15, 0.2) is 0 Å². The number of hydrogen-bond acceptors (Lipinski definition) is 5. The number of nitrogens with zero attached hydrogens (tertiary/aromatic N) is 6. The van der Waals surface area contributed by atoms with Crippen LogP contribution in [0.1, 0.15) is 11.4 Å². The van der Waals surface area contributed by atoms with E-state index in [9.17, 15) is 13.2 Å². The maximum atomic E-state index is 13.9. The van der Waals surface area contributed by atoms with E-state index in [0.717, 1.165) is 41.7 Å². The highest BCUT2D eigenvalue weighted by Crippen LogP contribution is 2.39. The van der Waals surface area contributed by atoms with Crippen molar-refractivity contribution in [3.63, 3.8) is 0 Å². The summed E-state index contributed by atoms with van der Waals surface area (Å²) in [7, 11) is 5.84. The van der Waals surface area contributed by atoms with Crippen LogP contribution in [-0.4, -0.2) is 49.6 Å². The Morgan fingerprint density at radius 2 is 1.81 bits per heavy atom. The quantitative estimate of drug-likeness (QED) is 0.333. The molecule has 0 unspecified atom stereocenters. The van der Waals surface area contributed by atoms with E-state index >= 15 is 0 Å². The second kappa shape index (κ2) is 8.94. The summed E-state index contributed by atoms with van der Waals surface area (Å²) in [5.41, 5.74) is 2.60. The molecule has 186 valence electrons. The smallest absolute Gasteiger partial charge is 0.350 e. The van der Waals surface area contributed by atoms with E-state index in [1.807, 2.05) is 51.4 Å². The van der Waals surface area contributed by atoms with Gasteiger partial charge in [-0.25, -0.2) is 15.0 Å². The lowest BCUT2D eigenvalue weighted by molar-refractivity contribution is -0.137. The molecule has 0 radical (unpaired) electrons. The topological polar surface area (TPSA) is 63.8 Å². The summed E-state index contributed by atoms with van der Waals surface area (Å²) >= 11 is 0. The number of aromatic nitrogens is 5. The first-order valence-electron chi connectivity index (χ1n) is 11.5. The van der Waals surface area contributed by atoms with E-state index in [-0.39, 0.29) is 11.6 Å². The summed E-state index contributed by atoms with van der Waals surface area (Å²) in [6, 6.07) is 13.0. The average molecular weight is 494 g/mol. The molecule has 0 aliphatic heterocycles. The van der Waals surface area contributed by atoms with Crippen molar-refractivity contribution in [3.05, 3.63) is 66.2 Å². The number of para-hydroxylation sites is 1. The Labute approximate surface area is 206 Å². The number of imidazole rings is 1. The Balaban J connectivity index is 1.54. The van der Waals surface area contributed by atoms with Gasteiger partial charge in [-0.3, -0.25) is 0 Å². The zero-order valence-electron chi connectivity index (χ0n) is 20.4. The Hall–Kier alpha value is -3.92. The van der Waals surface area contributed by atoms with Crippen LogP contribution in [0.3, 0.4) is 0 Å². The van der Waals surface area contributed by atoms with Crippen LogP contribution in [-0.2, 0) is 19.8 Å². The third kappa shape index (κ3) is 4.39.